The quantitative estimate of drug-likeness (QED) is 0.379. The molecule has 0 amide bonds. The lowest BCUT2D eigenvalue weighted by molar-refractivity contribution is -0.152. The van der Waals surface area contributed by atoms with Gasteiger partial charge in [0, 0.05) is 0 Å². The first kappa shape index (κ1) is 24.9. The van der Waals surface area contributed by atoms with Crippen LogP contribution in [0.5, 0.6) is 0 Å². The second kappa shape index (κ2) is 10.6. The zero-order valence-electron chi connectivity index (χ0n) is 17.9. The predicted molar refractivity (Wildman–Crippen MR) is 102 cm³/mol. The first-order chi connectivity index (χ1) is 13.9. The van der Waals surface area contributed by atoms with E-state index in [4.69, 9.17) is 14.2 Å². The van der Waals surface area contributed by atoms with Gasteiger partial charge in [-0.25, -0.2) is 28.1 Å². The molecule has 30 heavy (non-hydrogen) atoms. The van der Waals surface area contributed by atoms with Crippen molar-refractivity contribution in [3.63, 3.8) is 0 Å². The van der Waals surface area contributed by atoms with E-state index in [2.05, 4.69) is 0 Å². The third kappa shape index (κ3) is 6.16. The summed E-state index contributed by atoms with van der Waals surface area (Å²) in [7, 11) is 0. The Morgan fingerprint density at radius 3 is 0.933 bits per heavy atom. The van der Waals surface area contributed by atoms with Crippen LogP contribution in [0.1, 0.15) is 41.5 Å². The highest BCUT2D eigenvalue weighted by Crippen LogP contribution is 1.98. The van der Waals surface area contributed by atoms with Gasteiger partial charge in [-0.05, 0) is 0 Å². The van der Waals surface area contributed by atoms with Crippen LogP contribution >= 0.6 is 0 Å². The van der Waals surface area contributed by atoms with Crippen molar-refractivity contribution in [1.29, 1.82) is 0 Å². The van der Waals surface area contributed by atoms with E-state index in [9.17, 15) is 28.8 Å². The number of nitrogens with zero attached hydrogens (tertiary/aromatic N) is 3. The summed E-state index contributed by atoms with van der Waals surface area (Å²) >= 11 is 0. The molecule has 0 radical (unpaired) electrons. The van der Waals surface area contributed by atoms with Gasteiger partial charge in [-0.2, -0.15) is 0 Å². The molecule has 12 heteroatoms. The Hall–Kier alpha value is -3.18. The minimum Gasteiger partial charge on any atom is -0.443 e. The minimum absolute atomic E-state index is 0.466. The van der Waals surface area contributed by atoms with E-state index in [1.165, 1.54) is 0 Å². The highest BCUT2D eigenvalue weighted by molar-refractivity contribution is 5.72. The maximum Gasteiger partial charge on any atom is 0.341 e. The van der Waals surface area contributed by atoms with Gasteiger partial charge in [0.1, 0.15) is 0 Å². The van der Waals surface area contributed by atoms with Gasteiger partial charge in [-0.3, -0.25) is 14.4 Å². The van der Waals surface area contributed by atoms with Crippen LogP contribution < -0.4 is 17.1 Å². The van der Waals surface area contributed by atoms with E-state index in [-0.39, 0.29) is 0 Å². The van der Waals surface area contributed by atoms with Gasteiger partial charge >= 0.3 is 35.0 Å². The molecular weight excluding hydrogens is 402 g/mol. The monoisotopic (exact) mass is 429 g/mol. The molecule has 0 aromatic carbocycles. The summed E-state index contributed by atoms with van der Waals surface area (Å²) in [6.07, 6.45) is 0. The standard InChI is InChI=1S/C18H27N3O9/c1-10(2)13(22)28-7-19-16(25)20(8-29-14(23)11(3)4)18(27)21(17(19)26)9-30-15(24)12(5)6/h10-12H,7-9H2,1-6H3. The van der Waals surface area contributed by atoms with Gasteiger partial charge in [-0.15, -0.1) is 0 Å². The summed E-state index contributed by atoms with van der Waals surface area (Å²) in [5.41, 5.74) is -3.45. The molecule has 1 aromatic heterocycles. The van der Waals surface area contributed by atoms with E-state index < -0.39 is 72.9 Å². The number of rotatable bonds is 9. The van der Waals surface area contributed by atoms with E-state index in [1.54, 1.807) is 41.5 Å². The Morgan fingerprint density at radius 1 is 0.567 bits per heavy atom. The fourth-order valence-electron chi connectivity index (χ4n) is 1.90. The van der Waals surface area contributed by atoms with Crippen molar-refractivity contribution in [1.82, 2.24) is 13.7 Å². The number of carbonyl (C=O) groups is 3. The Balaban J connectivity index is 3.40. The van der Waals surface area contributed by atoms with Crippen LogP contribution in [0.25, 0.3) is 0 Å². The van der Waals surface area contributed by atoms with Gasteiger partial charge < -0.3 is 14.2 Å². The van der Waals surface area contributed by atoms with Gasteiger partial charge in [0.05, 0.1) is 17.8 Å². The molecule has 1 heterocycles. The molecule has 0 fully saturated rings. The van der Waals surface area contributed by atoms with Crippen LogP contribution in [-0.4, -0.2) is 31.6 Å². The van der Waals surface area contributed by atoms with Crippen LogP contribution in [0.2, 0.25) is 0 Å². The summed E-state index contributed by atoms with van der Waals surface area (Å²) in [5, 5.41) is 0. The second-order valence-corrected chi connectivity index (χ2v) is 7.37. The van der Waals surface area contributed by atoms with Crippen LogP contribution in [0, 0.1) is 17.8 Å². The minimum atomic E-state index is -1.15. The van der Waals surface area contributed by atoms with Crippen molar-refractivity contribution < 1.29 is 28.6 Å². The van der Waals surface area contributed by atoms with Gasteiger partial charge in [0.2, 0.25) is 0 Å². The lowest BCUT2D eigenvalue weighted by atomic mass is 10.2. The Kier molecular flexibility index (Phi) is 8.75. The van der Waals surface area contributed by atoms with Gasteiger partial charge in [0.25, 0.3) is 0 Å². The number of ether oxygens (including phenoxy) is 3. The summed E-state index contributed by atoms with van der Waals surface area (Å²) in [6.45, 7) is 7.02. The van der Waals surface area contributed by atoms with Crippen LogP contribution in [0.4, 0.5) is 0 Å². The summed E-state index contributed by atoms with van der Waals surface area (Å²) in [5.74, 6) is -3.59. The van der Waals surface area contributed by atoms with E-state index in [0.29, 0.717) is 13.7 Å². The summed E-state index contributed by atoms with van der Waals surface area (Å²) in [4.78, 5) is 72.9. The molecule has 0 unspecified atom stereocenters. The molecule has 0 bridgehead atoms. The Bertz CT molecular complexity index is 813. The number of aromatic nitrogens is 3. The van der Waals surface area contributed by atoms with Crippen LogP contribution in [0.15, 0.2) is 14.4 Å². The fourth-order valence-corrected chi connectivity index (χ4v) is 1.90. The highest BCUT2D eigenvalue weighted by Gasteiger charge is 2.20. The lowest BCUT2D eigenvalue weighted by Crippen LogP contribution is -2.55. The molecule has 1 aromatic rings. The van der Waals surface area contributed by atoms with Crippen molar-refractivity contribution in [3.05, 3.63) is 31.5 Å². The number of hydrogen-bond acceptors (Lipinski definition) is 9. The average molecular weight is 429 g/mol. The highest BCUT2D eigenvalue weighted by atomic mass is 16.6. The van der Waals surface area contributed by atoms with E-state index >= 15 is 0 Å². The molecule has 1 rings (SSSR count). The molecular formula is C18H27N3O9. The first-order valence-corrected chi connectivity index (χ1v) is 9.32. The van der Waals surface area contributed by atoms with E-state index in [1.807, 2.05) is 0 Å². The number of carbonyl (C=O) groups excluding carboxylic acids is 3. The molecule has 0 aliphatic heterocycles. The largest absolute Gasteiger partial charge is 0.443 e. The van der Waals surface area contributed by atoms with Gasteiger partial charge in [0.15, 0.2) is 20.2 Å². The van der Waals surface area contributed by atoms with Crippen molar-refractivity contribution in [2.45, 2.75) is 61.7 Å². The smallest absolute Gasteiger partial charge is 0.341 e. The van der Waals surface area contributed by atoms with Crippen LogP contribution in [0.3, 0.4) is 0 Å². The zero-order valence-corrected chi connectivity index (χ0v) is 17.9. The molecule has 0 saturated carbocycles. The van der Waals surface area contributed by atoms with Crippen molar-refractivity contribution in [2.75, 3.05) is 0 Å². The SMILES string of the molecule is CC(C)C(=O)OCn1c(=O)n(COC(=O)C(C)C)c(=O)n(COC(=O)C(C)C)c1=O. The number of hydrogen-bond donors (Lipinski definition) is 0. The molecule has 0 aliphatic carbocycles. The zero-order chi connectivity index (χ0) is 23.2. The third-order valence-corrected chi connectivity index (χ3v) is 3.81. The first-order valence-electron chi connectivity index (χ1n) is 9.32. The van der Waals surface area contributed by atoms with Crippen molar-refractivity contribution >= 4 is 17.9 Å². The maximum absolute atomic E-state index is 12.6. The Labute approximate surface area is 172 Å². The molecule has 168 valence electrons. The molecule has 0 atom stereocenters. The van der Waals surface area contributed by atoms with Crippen molar-refractivity contribution in [2.24, 2.45) is 17.8 Å². The van der Waals surface area contributed by atoms with Crippen molar-refractivity contribution in [3.8, 4) is 0 Å². The molecule has 0 N–H and O–H groups in total. The Morgan fingerprint density at radius 2 is 0.767 bits per heavy atom. The second-order valence-electron chi connectivity index (χ2n) is 7.37. The molecule has 0 saturated heterocycles. The van der Waals surface area contributed by atoms with Crippen LogP contribution in [-0.2, 0) is 48.8 Å². The molecule has 12 nitrogen and oxygen atoms in total. The molecule has 0 spiro atoms. The number of esters is 3. The van der Waals surface area contributed by atoms with Gasteiger partial charge in [-0.1, -0.05) is 41.5 Å². The van der Waals surface area contributed by atoms with E-state index in [0.717, 1.165) is 0 Å². The molecule has 0 aliphatic rings. The summed E-state index contributed by atoms with van der Waals surface area (Å²) in [6, 6.07) is 0. The maximum atomic E-state index is 12.6. The fraction of sp³-hybridized carbons (Fsp3) is 0.667. The third-order valence-electron chi connectivity index (χ3n) is 3.81. The lowest BCUT2D eigenvalue weighted by Gasteiger charge is -2.15. The average Bonchev–Trinajstić information content (AvgIpc) is 2.66. The normalized spacial score (nSPS) is 11.1. The topological polar surface area (TPSA) is 145 Å². The summed E-state index contributed by atoms with van der Waals surface area (Å²) < 4.78 is 16.1. The predicted octanol–water partition coefficient (Wildman–Crippen LogP) is -0.358.